The minimum Gasteiger partial charge on any atom is -0.348 e. The topological polar surface area (TPSA) is 54.0 Å². The number of halogens is 2. The van der Waals surface area contributed by atoms with Gasteiger partial charge in [0.2, 0.25) is 0 Å². The normalized spacial score (nSPS) is 19.3. The fourth-order valence-electron chi connectivity index (χ4n) is 3.82. The van der Waals surface area contributed by atoms with Crippen molar-refractivity contribution in [2.45, 2.75) is 57.7 Å². The highest BCUT2D eigenvalue weighted by atomic mass is 32.1. The van der Waals surface area contributed by atoms with E-state index in [4.69, 9.17) is 0 Å². The summed E-state index contributed by atoms with van der Waals surface area (Å²) in [7, 11) is 0. The van der Waals surface area contributed by atoms with Crippen LogP contribution >= 0.6 is 11.3 Å². The van der Waals surface area contributed by atoms with Crippen LogP contribution in [0.5, 0.6) is 0 Å². The molecule has 1 aliphatic rings. The molecule has 140 valence electrons. The molecule has 1 amide bonds. The van der Waals surface area contributed by atoms with E-state index in [-0.39, 0.29) is 23.0 Å². The minimum atomic E-state index is -0.928. The molecular formula is C19H23F2N3OS. The number of carbonyl (C=O) groups is 1. The van der Waals surface area contributed by atoms with Gasteiger partial charge >= 0.3 is 0 Å². The molecule has 1 aliphatic heterocycles. The van der Waals surface area contributed by atoms with Gasteiger partial charge in [0.25, 0.3) is 5.91 Å². The molecule has 2 heterocycles. The van der Waals surface area contributed by atoms with Crippen molar-refractivity contribution in [2.75, 3.05) is 0 Å². The maximum Gasteiger partial charge on any atom is 0.270 e. The Kier molecular flexibility index (Phi) is 4.88. The number of amides is 1. The number of carbonyl (C=O) groups excluding carboxylic acids is 1. The van der Waals surface area contributed by atoms with Gasteiger partial charge in [0, 0.05) is 28.1 Å². The van der Waals surface area contributed by atoms with Crippen LogP contribution in [0.3, 0.4) is 0 Å². The maximum absolute atomic E-state index is 13.4. The average Bonchev–Trinajstić information content (AvgIpc) is 2.96. The van der Waals surface area contributed by atoms with E-state index >= 15 is 0 Å². The molecule has 1 aromatic heterocycles. The van der Waals surface area contributed by atoms with E-state index < -0.39 is 11.6 Å². The monoisotopic (exact) mass is 379 g/mol. The van der Waals surface area contributed by atoms with Crippen molar-refractivity contribution in [2.24, 2.45) is 0 Å². The number of hydrogen-bond donors (Lipinski definition) is 2. The molecule has 0 radical (unpaired) electrons. The molecule has 4 nitrogen and oxygen atoms in total. The summed E-state index contributed by atoms with van der Waals surface area (Å²) in [6.45, 7) is 8.49. The molecule has 2 N–H and O–H groups in total. The fraction of sp³-hybridized carbons (Fsp3) is 0.474. The first-order valence-electron chi connectivity index (χ1n) is 8.56. The molecule has 0 aliphatic carbocycles. The number of rotatable bonds is 3. The quantitative estimate of drug-likeness (QED) is 0.843. The molecule has 0 unspecified atom stereocenters. The number of hydrogen-bond acceptors (Lipinski definition) is 4. The molecule has 7 heteroatoms. The average molecular weight is 379 g/mol. The van der Waals surface area contributed by atoms with Crippen LogP contribution in [0.4, 0.5) is 8.78 Å². The summed E-state index contributed by atoms with van der Waals surface area (Å²) in [5.74, 6) is -2.07. The lowest BCUT2D eigenvalue weighted by Crippen LogP contribution is -2.62. The van der Waals surface area contributed by atoms with Gasteiger partial charge in [-0.25, -0.2) is 13.8 Å². The summed E-state index contributed by atoms with van der Waals surface area (Å²) in [5, 5.41) is 8.77. The summed E-state index contributed by atoms with van der Waals surface area (Å²) in [6, 6.07) is 3.65. The molecule has 0 saturated carbocycles. The van der Waals surface area contributed by atoms with Crippen molar-refractivity contribution in [3.63, 3.8) is 0 Å². The Morgan fingerprint density at radius 2 is 1.85 bits per heavy atom. The first-order valence-corrected chi connectivity index (χ1v) is 9.44. The standard InChI is InChI=1S/C19H23F2N3OS/c1-18(2)8-12(9-19(3,4)24-18)22-16(25)15-10-26-17(23-15)11-5-6-13(20)14(21)7-11/h5-7,10,12,24H,8-9H2,1-4H3,(H,22,25). The number of nitrogens with one attached hydrogen (secondary N) is 2. The first-order chi connectivity index (χ1) is 12.0. The molecular weight excluding hydrogens is 356 g/mol. The van der Waals surface area contributed by atoms with Crippen LogP contribution in [0, 0.1) is 11.6 Å². The third-order valence-electron chi connectivity index (χ3n) is 4.43. The molecule has 1 fully saturated rings. The number of thiazole rings is 1. The largest absolute Gasteiger partial charge is 0.348 e. The lowest BCUT2D eigenvalue weighted by molar-refractivity contribution is 0.0869. The summed E-state index contributed by atoms with van der Waals surface area (Å²) < 4.78 is 26.5. The predicted molar refractivity (Wildman–Crippen MR) is 99.2 cm³/mol. The zero-order chi connectivity index (χ0) is 19.1. The summed E-state index contributed by atoms with van der Waals surface area (Å²) in [4.78, 5) is 16.9. The van der Waals surface area contributed by atoms with Crippen molar-refractivity contribution >= 4 is 17.2 Å². The maximum atomic E-state index is 13.4. The van der Waals surface area contributed by atoms with Crippen molar-refractivity contribution in [3.8, 4) is 10.6 Å². The van der Waals surface area contributed by atoms with Crippen LogP contribution in [-0.2, 0) is 0 Å². The van der Waals surface area contributed by atoms with Gasteiger partial charge in [0.1, 0.15) is 10.7 Å². The number of piperidine rings is 1. The SMILES string of the molecule is CC1(C)CC(NC(=O)c2csc(-c3ccc(F)c(F)c3)n2)CC(C)(C)N1. The van der Waals surface area contributed by atoms with Gasteiger partial charge in [-0.05, 0) is 58.7 Å². The van der Waals surface area contributed by atoms with Gasteiger partial charge in [-0.3, -0.25) is 4.79 Å². The third kappa shape index (κ3) is 4.27. The smallest absolute Gasteiger partial charge is 0.270 e. The first kappa shape index (κ1) is 18.9. The second-order valence-corrected chi connectivity index (χ2v) is 9.00. The highest BCUT2D eigenvalue weighted by Gasteiger charge is 2.38. The summed E-state index contributed by atoms with van der Waals surface area (Å²) >= 11 is 1.23. The van der Waals surface area contributed by atoms with Crippen molar-refractivity contribution in [1.29, 1.82) is 0 Å². The van der Waals surface area contributed by atoms with Gasteiger partial charge in [-0.15, -0.1) is 11.3 Å². The van der Waals surface area contributed by atoms with E-state index in [0.717, 1.165) is 25.0 Å². The van der Waals surface area contributed by atoms with Crippen LogP contribution < -0.4 is 10.6 Å². The summed E-state index contributed by atoms with van der Waals surface area (Å²) in [5.41, 5.74) is 0.609. The Balaban J connectivity index is 1.73. The van der Waals surface area contributed by atoms with Crippen molar-refractivity contribution in [1.82, 2.24) is 15.6 Å². The lowest BCUT2D eigenvalue weighted by atomic mass is 9.79. The van der Waals surface area contributed by atoms with E-state index in [1.807, 2.05) is 0 Å². The number of aromatic nitrogens is 1. The third-order valence-corrected chi connectivity index (χ3v) is 5.32. The number of benzene rings is 1. The molecule has 1 aromatic carbocycles. The highest BCUT2D eigenvalue weighted by Crippen LogP contribution is 2.29. The zero-order valence-corrected chi connectivity index (χ0v) is 16.1. The fourth-order valence-corrected chi connectivity index (χ4v) is 4.62. The molecule has 2 aromatic rings. The van der Waals surface area contributed by atoms with Crippen LogP contribution in [0.25, 0.3) is 10.6 Å². The molecule has 1 saturated heterocycles. The summed E-state index contributed by atoms with van der Waals surface area (Å²) in [6.07, 6.45) is 1.64. The Hall–Kier alpha value is -1.86. The molecule has 3 rings (SSSR count). The van der Waals surface area contributed by atoms with Crippen LogP contribution in [0.1, 0.15) is 51.0 Å². The van der Waals surface area contributed by atoms with Gasteiger partial charge in [-0.2, -0.15) is 0 Å². The van der Waals surface area contributed by atoms with E-state index in [0.29, 0.717) is 16.3 Å². The Bertz CT molecular complexity index is 816. The molecule has 0 spiro atoms. The van der Waals surface area contributed by atoms with Gasteiger partial charge in [-0.1, -0.05) is 0 Å². The van der Waals surface area contributed by atoms with Crippen LogP contribution in [-0.4, -0.2) is 28.0 Å². The van der Waals surface area contributed by atoms with Gasteiger partial charge in [0.05, 0.1) is 0 Å². The van der Waals surface area contributed by atoms with Gasteiger partial charge < -0.3 is 10.6 Å². The highest BCUT2D eigenvalue weighted by molar-refractivity contribution is 7.13. The van der Waals surface area contributed by atoms with Gasteiger partial charge in [0.15, 0.2) is 11.6 Å². The second-order valence-electron chi connectivity index (χ2n) is 8.14. The predicted octanol–water partition coefficient (Wildman–Crippen LogP) is 4.13. The second kappa shape index (κ2) is 6.70. The van der Waals surface area contributed by atoms with E-state index in [9.17, 15) is 13.6 Å². The van der Waals surface area contributed by atoms with Crippen molar-refractivity contribution < 1.29 is 13.6 Å². The van der Waals surface area contributed by atoms with Crippen LogP contribution in [0.2, 0.25) is 0 Å². The molecule has 0 bridgehead atoms. The Morgan fingerprint density at radius 1 is 1.19 bits per heavy atom. The minimum absolute atomic E-state index is 0.0437. The molecule has 26 heavy (non-hydrogen) atoms. The molecule has 0 atom stereocenters. The van der Waals surface area contributed by atoms with Crippen LogP contribution in [0.15, 0.2) is 23.6 Å². The zero-order valence-electron chi connectivity index (χ0n) is 15.3. The number of nitrogens with zero attached hydrogens (tertiary/aromatic N) is 1. The van der Waals surface area contributed by atoms with E-state index in [2.05, 4.69) is 43.3 Å². The van der Waals surface area contributed by atoms with E-state index in [1.165, 1.54) is 17.4 Å². The van der Waals surface area contributed by atoms with Crippen molar-refractivity contribution in [3.05, 3.63) is 40.9 Å². The lowest BCUT2D eigenvalue weighted by Gasteiger charge is -2.46. The van der Waals surface area contributed by atoms with E-state index in [1.54, 1.807) is 5.38 Å². The Labute approximate surface area is 156 Å². The Morgan fingerprint density at radius 3 is 2.46 bits per heavy atom.